The van der Waals surface area contributed by atoms with Crippen LogP contribution in [-0.2, 0) is 6.54 Å². The molecule has 5 nitrogen and oxygen atoms in total. The van der Waals surface area contributed by atoms with E-state index in [-0.39, 0.29) is 5.56 Å². The number of aliphatic hydroxyl groups is 1. The van der Waals surface area contributed by atoms with Gasteiger partial charge in [-0.2, -0.15) is 0 Å². The molecule has 1 heterocycles. The highest BCUT2D eigenvalue weighted by Gasteiger charge is 2.09. The number of hydrogen-bond donors (Lipinski definition) is 2. The van der Waals surface area contributed by atoms with Crippen LogP contribution in [0.4, 0.5) is 5.82 Å². The Hall–Kier alpha value is -1.36. The maximum Gasteiger partial charge on any atom is 0.293 e. The summed E-state index contributed by atoms with van der Waals surface area (Å²) in [6.45, 7) is 7.17. The molecule has 0 saturated heterocycles. The highest BCUT2D eigenvalue weighted by atomic mass is 16.3. The van der Waals surface area contributed by atoms with Crippen LogP contribution >= 0.6 is 0 Å². The number of nitrogens with zero attached hydrogens (tertiary/aromatic N) is 2. The zero-order chi connectivity index (χ0) is 13.5. The molecule has 0 spiro atoms. The summed E-state index contributed by atoms with van der Waals surface area (Å²) in [5, 5.41) is 12.7. The quantitative estimate of drug-likeness (QED) is 0.772. The number of rotatable bonds is 7. The van der Waals surface area contributed by atoms with Gasteiger partial charge in [0.15, 0.2) is 5.82 Å². The number of nitrogens with one attached hydrogen (secondary N) is 1. The summed E-state index contributed by atoms with van der Waals surface area (Å²) in [6, 6.07) is 0. The monoisotopic (exact) mass is 253 g/mol. The third kappa shape index (κ3) is 4.49. The van der Waals surface area contributed by atoms with Crippen LogP contribution in [0.15, 0.2) is 17.2 Å². The van der Waals surface area contributed by atoms with Gasteiger partial charge in [0, 0.05) is 25.5 Å². The lowest BCUT2D eigenvalue weighted by molar-refractivity contribution is 0.161. The van der Waals surface area contributed by atoms with Crippen LogP contribution in [0, 0.1) is 5.92 Å². The standard InChI is InChI=1S/C13H23N3O2/c1-4-6-16-7-5-14-12(13(16)18)15-9-11(17)8-10(2)3/h5,7,10-11,17H,4,6,8-9H2,1-3H3,(H,14,15). The molecular formula is C13H23N3O2. The summed E-state index contributed by atoms with van der Waals surface area (Å²) < 4.78 is 1.63. The number of hydrogen-bond acceptors (Lipinski definition) is 4. The fourth-order valence-electron chi connectivity index (χ4n) is 1.83. The van der Waals surface area contributed by atoms with Crippen molar-refractivity contribution in [1.29, 1.82) is 0 Å². The van der Waals surface area contributed by atoms with E-state index < -0.39 is 6.10 Å². The van der Waals surface area contributed by atoms with E-state index in [2.05, 4.69) is 24.1 Å². The second-order valence-electron chi connectivity index (χ2n) is 4.94. The molecule has 102 valence electrons. The fourth-order valence-corrected chi connectivity index (χ4v) is 1.83. The highest BCUT2D eigenvalue weighted by molar-refractivity contribution is 5.30. The molecule has 1 atom stereocenters. The number of aromatic nitrogens is 2. The Labute approximate surface area is 108 Å². The SMILES string of the molecule is CCCn1ccnc(NCC(O)CC(C)C)c1=O. The van der Waals surface area contributed by atoms with E-state index in [9.17, 15) is 9.90 Å². The van der Waals surface area contributed by atoms with Crippen molar-refractivity contribution in [3.63, 3.8) is 0 Å². The molecule has 1 aromatic heterocycles. The molecule has 2 N–H and O–H groups in total. The fraction of sp³-hybridized carbons (Fsp3) is 0.692. The van der Waals surface area contributed by atoms with E-state index in [0.717, 1.165) is 6.42 Å². The van der Waals surface area contributed by atoms with Crippen LogP contribution < -0.4 is 10.9 Å². The van der Waals surface area contributed by atoms with Crippen LogP contribution in [-0.4, -0.2) is 27.3 Å². The van der Waals surface area contributed by atoms with Crippen molar-refractivity contribution in [1.82, 2.24) is 9.55 Å². The molecule has 1 unspecified atom stereocenters. The van der Waals surface area contributed by atoms with Gasteiger partial charge in [0.1, 0.15) is 0 Å². The maximum absolute atomic E-state index is 11.9. The van der Waals surface area contributed by atoms with Gasteiger partial charge >= 0.3 is 0 Å². The molecule has 18 heavy (non-hydrogen) atoms. The largest absolute Gasteiger partial charge is 0.391 e. The minimum atomic E-state index is -0.453. The lowest BCUT2D eigenvalue weighted by atomic mass is 10.1. The van der Waals surface area contributed by atoms with Gasteiger partial charge in [0.05, 0.1) is 6.10 Å². The summed E-state index contributed by atoms with van der Waals surface area (Å²) in [5.74, 6) is 0.746. The molecule has 1 aromatic rings. The van der Waals surface area contributed by atoms with Gasteiger partial charge < -0.3 is 15.0 Å². The second-order valence-corrected chi connectivity index (χ2v) is 4.94. The first-order chi connectivity index (χ1) is 8.54. The summed E-state index contributed by atoms with van der Waals surface area (Å²) in [4.78, 5) is 16.0. The molecular weight excluding hydrogens is 230 g/mol. The first-order valence-corrected chi connectivity index (χ1v) is 6.52. The third-order valence-corrected chi connectivity index (χ3v) is 2.63. The third-order valence-electron chi connectivity index (χ3n) is 2.63. The van der Waals surface area contributed by atoms with Gasteiger partial charge in [-0.15, -0.1) is 0 Å². The van der Waals surface area contributed by atoms with Crippen LogP contribution in [0.25, 0.3) is 0 Å². The molecule has 5 heteroatoms. The molecule has 0 saturated carbocycles. The molecule has 0 aliphatic carbocycles. The van der Waals surface area contributed by atoms with E-state index in [4.69, 9.17) is 0 Å². The lowest BCUT2D eigenvalue weighted by Crippen LogP contribution is -2.28. The second kappa shape index (κ2) is 7.16. The van der Waals surface area contributed by atoms with Crippen LogP contribution in [0.5, 0.6) is 0 Å². The van der Waals surface area contributed by atoms with Crippen LogP contribution in [0.1, 0.15) is 33.6 Å². The Bertz CT molecular complexity index is 415. The van der Waals surface area contributed by atoms with Crippen molar-refractivity contribution in [2.24, 2.45) is 5.92 Å². The molecule has 0 aliphatic rings. The first-order valence-electron chi connectivity index (χ1n) is 6.52. The summed E-state index contributed by atoms with van der Waals surface area (Å²) in [6.07, 6.45) is 4.45. The van der Waals surface area contributed by atoms with Gasteiger partial charge in [0.2, 0.25) is 0 Å². The van der Waals surface area contributed by atoms with Gasteiger partial charge in [-0.25, -0.2) is 4.98 Å². The zero-order valence-electron chi connectivity index (χ0n) is 11.4. The Balaban J connectivity index is 2.62. The minimum absolute atomic E-state index is 0.129. The van der Waals surface area contributed by atoms with E-state index in [0.29, 0.717) is 31.2 Å². The van der Waals surface area contributed by atoms with E-state index in [1.165, 1.54) is 0 Å². The summed E-state index contributed by atoms with van der Waals surface area (Å²) in [7, 11) is 0. The van der Waals surface area contributed by atoms with Crippen LogP contribution in [0.2, 0.25) is 0 Å². The van der Waals surface area contributed by atoms with Crippen molar-refractivity contribution >= 4 is 5.82 Å². The van der Waals surface area contributed by atoms with Crippen molar-refractivity contribution in [2.45, 2.75) is 46.3 Å². The molecule has 1 rings (SSSR count). The smallest absolute Gasteiger partial charge is 0.293 e. The van der Waals surface area contributed by atoms with Gasteiger partial charge in [-0.05, 0) is 18.8 Å². The maximum atomic E-state index is 11.9. The highest BCUT2D eigenvalue weighted by Crippen LogP contribution is 2.04. The Morgan fingerprint density at radius 2 is 2.22 bits per heavy atom. The van der Waals surface area contributed by atoms with E-state index >= 15 is 0 Å². The van der Waals surface area contributed by atoms with Gasteiger partial charge in [0.25, 0.3) is 5.56 Å². The number of aryl methyl sites for hydroxylation is 1. The normalized spacial score (nSPS) is 12.7. The molecule has 0 fully saturated rings. The average Bonchev–Trinajstić information content (AvgIpc) is 2.29. The van der Waals surface area contributed by atoms with Gasteiger partial charge in [-0.3, -0.25) is 4.79 Å². The molecule has 0 aliphatic heterocycles. The van der Waals surface area contributed by atoms with Crippen molar-refractivity contribution in [2.75, 3.05) is 11.9 Å². The van der Waals surface area contributed by atoms with Crippen LogP contribution in [0.3, 0.4) is 0 Å². The lowest BCUT2D eigenvalue weighted by Gasteiger charge is -2.14. The molecule has 0 amide bonds. The molecule has 0 radical (unpaired) electrons. The molecule has 0 aromatic carbocycles. The summed E-state index contributed by atoms with van der Waals surface area (Å²) >= 11 is 0. The van der Waals surface area contributed by atoms with Gasteiger partial charge in [-0.1, -0.05) is 20.8 Å². The minimum Gasteiger partial charge on any atom is -0.391 e. The predicted molar refractivity (Wildman–Crippen MR) is 72.7 cm³/mol. The predicted octanol–water partition coefficient (Wildman–Crippen LogP) is 1.47. The number of anilines is 1. The van der Waals surface area contributed by atoms with E-state index in [1.807, 2.05) is 6.92 Å². The Kier molecular flexibility index (Phi) is 5.85. The number of aliphatic hydroxyl groups excluding tert-OH is 1. The van der Waals surface area contributed by atoms with Crippen molar-refractivity contribution < 1.29 is 5.11 Å². The van der Waals surface area contributed by atoms with Crippen molar-refractivity contribution in [3.05, 3.63) is 22.7 Å². The molecule has 0 bridgehead atoms. The Morgan fingerprint density at radius 1 is 1.50 bits per heavy atom. The first kappa shape index (κ1) is 14.7. The van der Waals surface area contributed by atoms with Crippen molar-refractivity contribution in [3.8, 4) is 0 Å². The zero-order valence-corrected chi connectivity index (χ0v) is 11.4. The summed E-state index contributed by atoms with van der Waals surface area (Å²) in [5.41, 5.74) is -0.129. The van der Waals surface area contributed by atoms with E-state index in [1.54, 1.807) is 17.0 Å². The topological polar surface area (TPSA) is 67.2 Å². The Morgan fingerprint density at radius 3 is 2.83 bits per heavy atom. The average molecular weight is 253 g/mol.